The summed E-state index contributed by atoms with van der Waals surface area (Å²) in [4.78, 5) is 0. The quantitative estimate of drug-likeness (QED) is 0.231. The maximum atomic E-state index is 15.3. The summed E-state index contributed by atoms with van der Waals surface area (Å²) in [6, 6.07) is 7.42. The predicted octanol–water partition coefficient (Wildman–Crippen LogP) is 11.1. The molecule has 0 amide bonds. The van der Waals surface area contributed by atoms with Crippen LogP contribution < -0.4 is 0 Å². The molecule has 0 N–H and O–H groups in total. The van der Waals surface area contributed by atoms with Gasteiger partial charge in [-0.3, -0.25) is 0 Å². The van der Waals surface area contributed by atoms with Crippen molar-refractivity contribution in [2.45, 2.75) is 115 Å². The van der Waals surface area contributed by atoms with E-state index in [0.717, 1.165) is 81.3 Å². The summed E-state index contributed by atoms with van der Waals surface area (Å²) < 4.78 is 58.9. The van der Waals surface area contributed by atoms with E-state index in [2.05, 4.69) is 6.92 Å². The number of unbranched alkanes of at least 4 members (excludes halogenated alkanes) is 2. The van der Waals surface area contributed by atoms with Gasteiger partial charge in [0.05, 0.1) is 0 Å². The minimum atomic E-state index is -0.785. The van der Waals surface area contributed by atoms with Gasteiger partial charge in [-0.25, -0.2) is 17.6 Å². The van der Waals surface area contributed by atoms with Crippen LogP contribution in [0.2, 0.25) is 0 Å². The smallest absolute Gasteiger partial charge is 0.144 e. The number of benzene rings is 2. The molecule has 0 bridgehead atoms. The largest absolute Gasteiger partial charge is 0.206 e. The lowest BCUT2D eigenvalue weighted by Crippen LogP contribution is -2.23. The zero-order valence-electron chi connectivity index (χ0n) is 24.3. The third kappa shape index (κ3) is 6.90. The molecule has 2 fully saturated rings. The number of allylic oxidation sites excluding steroid dienone is 2. The van der Waals surface area contributed by atoms with Crippen molar-refractivity contribution in [1.29, 1.82) is 5.26 Å². The lowest BCUT2D eigenvalue weighted by Gasteiger charge is -2.36. The summed E-state index contributed by atoms with van der Waals surface area (Å²) in [6.07, 6.45) is 17.6. The molecule has 0 saturated heterocycles. The molecule has 2 aromatic carbocycles. The first kappa shape index (κ1) is 29.9. The molecular formula is C36H43F4N. The molecule has 41 heavy (non-hydrogen) atoms. The van der Waals surface area contributed by atoms with Crippen LogP contribution in [-0.2, 0) is 0 Å². The van der Waals surface area contributed by atoms with E-state index in [0.29, 0.717) is 23.8 Å². The Balaban J connectivity index is 1.16. The lowest BCUT2D eigenvalue weighted by atomic mass is 9.70. The molecule has 3 aliphatic rings. The van der Waals surface area contributed by atoms with Crippen molar-refractivity contribution in [2.75, 3.05) is 0 Å². The highest BCUT2D eigenvalue weighted by Crippen LogP contribution is 2.45. The number of nitriles is 1. The second-order valence-corrected chi connectivity index (χ2v) is 12.9. The van der Waals surface area contributed by atoms with E-state index in [4.69, 9.17) is 5.26 Å². The van der Waals surface area contributed by atoms with Crippen LogP contribution >= 0.6 is 0 Å². The van der Waals surface area contributed by atoms with Crippen LogP contribution in [0.1, 0.15) is 137 Å². The Hall–Kier alpha value is -2.61. The molecule has 2 aromatic rings. The van der Waals surface area contributed by atoms with Crippen molar-refractivity contribution < 1.29 is 17.6 Å². The van der Waals surface area contributed by atoms with E-state index in [9.17, 15) is 8.78 Å². The molecule has 1 atom stereocenters. The summed E-state index contributed by atoms with van der Waals surface area (Å²) >= 11 is 0. The molecule has 5 rings (SSSR count). The van der Waals surface area contributed by atoms with Crippen LogP contribution in [-0.4, -0.2) is 0 Å². The zero-order chi connectivity index (χ0) is 28.9. The molecule has 0 heterocycles. The van der Waals surface area contributed by atoms with Gasteiger partial charge in [-0.05, 0) is 141 Å². The highest BCUT2D eigenvalue weighted by Gasteiger charge is 2.31. The fourth-order valence-electron chi connectivity index (χ4n) is 7.97. The number of halogens is 4. The van der Waals surface area contributed by atoms with Gasteiger partial charge in [-0.15, -0.1) is 0 Å². The fourth-order valence-corrected chi connectivity index (χ4v) is 7.97. The normalized spacial score (nSPS) is 26.8. The average molecular weight is 566 g/mol. The van der Waals surface area contributed by atoms with E-state index in [-0.39, 0.29) is 17.4 Å². The third-order valence-electron chi connectivity index (χ3n) is 10.5. The van der Waals surface area contributed by atoms with Crippen LogP contribution in [0.25, 0.3) is 5.57 Å². The van der Waals surface area contributed by atoms with Gasteiger partial charge in [0.2, 0.25) is 0 Å². The fraction of sp³-hybridized carbons (Fsp3) is 0.583. The third-order valence-corrected chi connectivity index (χ3v) is 10.5. The second-order valence-electron chi connectivity index (χ2n) is 12.9. The Morgan fingerprint density at radius 3 is 1.78 bits per heavy atom. The van der Waals surface area contributed by atoms with Crippen LogP contribution in [0.15, 0.2) is 30.3 Å². The van der Waals surface area contributed by atoms with Gasteiger partial charge in [0.15, 0.2) is 0 Å². The number of rotatable bonds is 8. The van der Waals surface area contributed by atoms with E-state index < -0.39 is 28.8 Å². The highest BCUT2D eigenvalue weighted by molar-refractivity contribution is 5.67. The van der Waals surface area contributed by atoms with Gasteiger partial charge in [0.1, 0.15) is 34.9 Å². The molecule has 1 nitrogen and oxygen atoms in total. The monoisotopic (exact) mass is 565 g/mol. The highest BCUT2D eigenvalue weighted by atomic mass is 19.1. The first-order valence-corrected chi connectivity index (χ1v) is 15.9. The van der Waals surface area contributed by atoms with Gasteiger partial charge < -0.3 is 0 Å². The maximum absolute atomic E-state index is 15.3. The first-order chi connectivity index (χ1) is 19.9. The summed E-state index contributed by atoms with van der Waals surface area (Å²) in [7, 11) is 0. The lowest BCUT2D eigenvalue weighted by molar-refractivity contribution is 0.220. The Bertz CT molecular complexity index is 1230. The Morgan fingerprint density at radius 2 is 1.27 bits per heavy atom. The molecule has 0 aromatic heterocycles. The van der Waals surface area contributed by atoms with E-state index in [1.165, 1.54) is 37.8 Å². The second kappa shape index (κ2) is 13.6. The Kier molecular flexibility index (Phi) is 9.89. The Morgan fingerprint density at radius 1 is 0.707 bits per heavy atom. The summed E-state index contributed by atoms with van der Waals surface area (Å²) in [5.74, 6) is -0.320. The van der Waals surface area contributed by atoms with E-state index >= 15 is 8.78 Å². The molecular weight excluding hydrogens is 522 g/mol. The van der Waals surface area contributed by atoms with Crippen molar-refractivity contribution in [3.8, 4) is 6.07 Å². The Labute approximate surface area is 243 Å². The number of hydrogen-bond acceptors (Lipinski definition) is 1. The standard InChI is InChI=1S/C36H43F4N/c1-2-3-4-5-23-6-8-26(9-7-23)30-20-34(39)36(35(40)21-30)28-16-14-25(15-17-28)24-10-12-27(13-11-24)29-18-32(37)31(22-41)33(38)19-29/h16,18-21,23-27H,2-15,17H2,1H3. The molecule has 0 spiro atoms. The molecule has 0 aliphatic heterocycles. The molecule has 0 radical (unpaired) electrons. The van der Waals surface area contributed by atoms with Gasteiger partial charge >= 0.3 is 0 Å². The molecule has 220 valence electrons. The van der Waals surface area contributed by atoms with Gasteiger partial charge in [0, 0.05) is 5.56 Å². The van der Waals surface area contributed by atoms with Crippen molar-refractivity contribution in [2.24, 2.45) is 17.8 Å². The van der Waals surface area contributed by atoms with Gasteiger partial charge in [-0.2, -0.15) is 5.26 Å². The van der Waals surface area contributed by atoms with Gasteiger partial charge in [0.25, 0.3) is 0 Å². The van der Waals surface area contributed by atoms with Crippen molar-refractivity contribution in [3.63, 3.8) is 0 Å². The maximum Gasteiger partial charge on any atom is 0.144 e. The van der Waals surface area contributed by atoms with Crippen LogP contribution in [0, 0.1) is 52.4 Å². The molecule has 2 saturated carbocycles. The predicted molar refractivity (Wildman–Crippen MR) is 156 cm³/mol. The van der Waals surface area contributed by atoms with Crippen LogP contribution in [0.3, 0.4) is 0 Å². The van der Waals surface area contributed by atoms with E-state index in [1.54, 1.807) is 18.2 Å². The summed E-state index contributed by atoms with van der Waals surface area (Å²) in [6.45, 7) is 2.23. The van der Waals surface area contributed by atoms with Crippen LogP contribution in [0.4, 0.5) is 17.6 Å². The summed E-state index contributed by atoms with van der Waals surface area (Å²) in [5, 5.41) is 8.93. The van der Waals surface area contributed by atoms with Crippen molar-refractivity contribution in [1.82, 2.24) is 0 Å². The molecule has 5 heteroatoms. The topological polar surface area (TPSA) is 23.8 Å². The molecule has 1 unspecified atom stereocenters. The minimum Gasteiger partial charge on any atom is -0.206 e. The number of nitrogens with zero attached hydrogens (tertiary/aromatic N) is 1. The van der Waals surface area contributed by atoms with Crippen molar-refractivity contribution in [3.05, 3.63) is 75.9 Å². The average Bonchev–Trinajstić information content (AvgIpc) is 2.97. The summed E-state index contributed by atoms with van der Waals surface area (Å²) in [5.41, 5.74) is 1.89. The van der Waals surface area contributed by atoms with Gasteiger partial charge in [-0.1, -0.05) is 38.7 Å². The number of hydrogen-bond donors (Lipinski definition) is 0. The first-order valence-electron chi connectivity index (χ1n) is 15.9. The molecule has 3 aliphatic carbocycles. The SMILES string of the molecule is CCCCCC1CCC(c2cc(F)c(C3=CCC(C4CCC(c5cc(F)c(C#N)c(F)c5)CC4)CC3)c(F)c2)CC1. The van der Waals surface area contributed by atoms with Crippen molar-refractivity contribution >= 4 is 5.57 Å². The minimum absolute atomic E-state index is 0.0931. The van der Waals surface area contributed by atoms with Crippen LogP contribution in [0.5, 0.6) is 0 Å². The van der Waals surface area contributed by atoms with E-state index in [1.807, 2.05) is 6.08 Å². The zero-order valence-corrected chi connectivity index (χ0v) is 24.3.